The van der Waals surface area contributed by atoms with Crippen LogP contribution in [0.2, 0.25) is 0 Å². The van der Waals surface area contributed by atoms with Gasteiger partial charge in [-0.05, 0) is 86.7 Å². The van der Waals surface area contributed by atoms with E-state index in [1.807, 2.05) is 36.9 Å². The lowest BCUT2D eigenvalue weighted by molar-refractivity contribution is -0.153. The molecule has 0 spiro atoms. The van der Waals surface area contributed by atoms with Crippen molar-refractivity contribution in [2.45, 2.75) is 33.6 Å². The molecule has 1 aliphatic rings. The summed E-state index contributed by atoms with van der Waals surface area (Å²) in [6.45, 7) is 7.42. The van der Waals surface area contributed by atoms with Crippen molar-refractivity contribution in [3.63, 3.8) is 0 Å². The highest BCUT2D eigenvalue weighted by Crippen LogP contribution is 2.37. The van der Waals surface area contributed by atoms with E-state index in [1.54, 1.807) is 31.2 Å². The van der Waals surface area contributed by atoms with Gasteiger partial charge in [0.1, 0.15) is 16.9 Å². The maximum Gasteiger partial charge on any atom is 0.317 e. The van der Waals surface area contributed by atoms with Gasteiger partial charge in [0.05, 0.1) is 18.0 Å². The number of hydrogen-bond donors (Lipinski definition) is 0. The normalized spacial score (nSPS) is 15.3. The maximum absolute atomic E-state index is 13.1. The van der Waals surface area contributed by atoms with Gasteiger partial charge in [0, 0.05) is 13.1 Å². The molecule has 0 N–H and O–H groups in total. The second-order valence-corrected chi connectivity index (χ2v) is 9.10. The van der Waals surface area contributed by atoms with Crippen molar-refractivity contribution >= 4 is 21.1 Å². The van der Waals surface area contributed by atoms with Crippen LogP contribution in [0.5, 0.6) is 11.5 Å². The molecule has 0 saturated carbocycles. The molecule has 0 atom stereocenters. The largest absolute Gasteiger partial charge is 0.465 e. The van der Waals surface area contributed by atoms with E-state index in [2.05, 4.69) is 5.92 Å². The van der Waals surface area contributed by atoms with Gasteiger partial charge in [-0.15, -0.1) is 6.42 Å². The number of carbonyl (C=O) groups is 1. The third-order valence-electron chi connectivity index (χ3n) is 6.12. The Morgan fingerprint density at radius 3 is 2.24 bits per heavy atom. The number of hydrogen-bond acceptors (Lipinski definition) is 6. The Kier molecular flexibility index (Phi) is 7.96. The number of rotatable bonds is 7. The molecule has 1 heterocycles. The van der Waals surface area contributed by atoms with E-state index in [1.165, 1.54) is 5.56 Å². The first-order valence-electron chi connectivity index (χ1n) is 11.0. The smallest absolute Gasteiger partial charge is 0.317 e. The minimum Gasteiger partial charge on any atom is -0.465 e. The highest BCUT2D eigenvalue weighted by atomic mass is 32.2. The van der Waals surface area contributed by atoms with Crippen molar-refractivity contribution in [2.24, 2.45) is 5.41 Å². The molecule has 3 rings (SSSR count). The molecule has 1 aliphatic heterocycles. The Balaban J connectivity index is 1.93. The van der Waals surface area contributed by atoms with Crippen LogP contribution in [-0.4, -0.2) is 50.4 Å². The number of esters is 1. The Bertz CT molecular complexity index is 1180. The molecule has 1 fully saturated rings. The lowest BCUT2D eigenvalue weighted by Crippen LogP contribution is -2.50. The summed E-state index contributed by atoms with van der Waals surface area (Å²) in [4.78, 5) is 15.2. The summed E-state index contributed by atoms with van der Waals surface area (Å²) < 4.78 is 36.2. The van der Waals surface area contributed by atoms with Crippen LogP contribution in [0.1, 0.15) is 36.5 Å². The number of piperidine rings is 1. The van der Waals surface area contributed by atoms with Crippen LogP contribution < -0.4 is 4.74 Å². The van der Waals surface area contributed by atoms with Gasteiger partial charge in [-0.3, -0.25) is 9.69 Å². The molecule has 0 aliphatic carbocycles. The average Bonchev–Trinajstić information content (AvgIpc) is 2.79. The highest BCUT2D eigenvalue weighted by molar-refractivity contribution is 7.73. The summed E-state index contributed by atoms with van der Waals surface area (Å²) >= 11 is 0. The summed E-state index contributed by atoms with van der Waals surface area (Å²) in [6, 6.07) is 12.6. The fourth-order valence-electron chi connectivity index (χ4n) is 4.13. The van der Waals surface area contributed by atoms with Crippen LogP contribution in [0.25, 0.3) is 0 Å². The maximum atomic E-state index is 13.1. The van der Waals surface area contributed by atoms with Gasteiger partial charge in [-0.1, -0.05) is 12.0 Å². The van der Waals surface area contributed by atoms with Crippen molar-refractivity contribution in [3.8, 4) is 23.8 Å². The van der Waals surface area contributed by atoms with E-state index in [0.717, 1.165) is 5.56 Å². The molecule has 0 amide bonds. The van der Waals surface area contributed by atoms with Gasteiger partial charge >= 0.3 is 5.97 Å². The predicted molar refractivity (Wildman–Crippen MR) is 129 cm³/mol. The second-order valence-electron chi connectivity index (χ2n) is 8.22. The minimum atomic E-state index is -2.61. The summed E-state index contributed by atoms with van der Waals surface area (Å²) in [7, 11) is -2.61. The monoisotopic (exact) mass is 467 g/mol. The minimum absolute atomic E-state index is 0.0547. The first-order valence-corrected chi connectivity index (χ1v) is 12.0. The van der Waals surface area contributed by atoms with Crippen LogP contribution in [0, 0.1) is 31.6 Å². The molecule has 2 aromatic carbocycles. The number of ether oxygens (including phenoxy) is 2. The van der Waals surface area contributed by atoms with Gasteiger partial charge < -0.3 is 9.47 Å². The lowest BCUT2D eigenvalue weighted by Gasteiger charge is -2.39. The summed E-state index contributed by atoms with van der Waals surface area (Å²) in [5.74, 6) is 3.37. The highest BCUT2D eigenvalue weighted by Gasteiger charge is 2.48. The van der Waals surface area contributed by atoms with Crippen LogP contribution in [0.4, 0.5) is 0 Å². The van der Waals surface area contributed by atoms with Crippen molar-refractivity contribution < 1.29 is 22.7 Å². The average molecular weight is 468 g/mol. The van der Waals surface area contributed by atoms with Crippen LogP contribution >= 0.6 is 0 Å². The molecule has 2 aromatic rings. The Labute approximate surface area is 197 Å². The molecule has 0 unspecified atom stereocenters. The lowest BCUT2D eigenvalue weighted by atomic mass is 9.73. The topological polar surface area (TPSA) is 72.9 Å². The zero-order valence-electron chi connectivity index (χ0n) is 19.3. The third-order valence-corrected chi connectivity index (χ3v) is 7.08. The van der Waals surface area contributed by atoms with Crippen LogP contribution in [0.3, 0.4) is 0 Å². The Hall–Kier alpha value is -3.08. The van der Waals surface area contributed by atoms with E-state index in [4.69, 9.17) is 15.9 Å². The van der Waals surface area contributed by atoms with Gasteiger partial charge in [-0.2, -0.15) is 8.42 Å². The second kappa shape index (κ2) is 10.7. The molecule has 33 heavy (non-hydrogen) atoms. The van der Waals surface area contributed by atoms with E-state index >= 15 is 0 Å². The summed E-state index contributed by atoms with van der Waals surface area (Å²) in [6.07, 6.45) is 6.05. The van der Waals surface area contributed by atoms with Crippen molar-refractivity contribution in [1.82, 2.24) is 4.90 Å². The fraction of sp³-hybridized carbons (Fsp3) is 0.385. The van der Waals surface area contributed by atoms with Crippen molar-refractivity contribution in [2.75, 3.05) is 26.2 Å². The Morgan fingerprint density at radius 1 is 1.06 bits per heavy atom. The summed E-state index contributed by atoms with van der Waals surface area (Å²) in [5, 5.41) is 0. The third kappa shape index (κ3) is 5.47. The first kappa shape index (κ1) is 24.6. The molecule has 6 nitrogen and oxygen atoms in total. The SMILES string of the molecule is C#CCN1CCC(C(=O)OCC)(C(c2ccc(Oc3ccc(C)c(C)c3)cc2)=S(=O)=O)CC1. The first-order chi connectivity index (χ1) is 15.8. The molecule has 0 radical (unpaired) electrons. The Morgan fingerprint density at radius 2 is 1.70 bits per heavy atom. The molecule has 0 aromatic heterocycles. The molecule has 1 saturated heterocycles. The van der Waals surface area contributed by atoms with Crippen molar-refractivity contribution in [1.29, 1.82) is 0 Å². The van der Waals surface area contributed by atoms with Crippen molar-refractivity contribution in [3.05, 3.63) is 59.2 Å². The quantitative estimate of drug-likeness (QED) is 0.267. The molecule has 7 heteroatoms. The number of benzene rings is 2. The van der Waals surface area contributed by atoms with E-state index in [-0.39, 0.29) is 11.5 Å². The van der Waals surface area contributed by atoms with Crippen LogP contribution in [-0.2, 0) is 19.8 Å². The van der Waals surface area contributed by atoms with E-state index in [0.29, 0.717) is 49.5 Å². The van der Waals surface area contributed by atoms with Gasteiger partial charge in [0.25, 0.3) is 0 Å². The number of terminal acetylenes is 1. The number of likely N-dealkylation sites (tertiary alicyclic amines) is 1. The zero-order valence-corrected chi connectivity index (χ0v) is 20.1. The zero-order chi connectivity index (χ0) is 24.0. The van der Waals surface area contributed by atoms with Crippen LogP contribution in [0.15, 0.2) is 42.5 Å². The number of nitrogens with zero attached hydrogens (tertiary/aromatic N) is 1. The summed E-state index contributed by atoms with van der Waals surface area (Å²) in [5.41, 5.74) is 1.50. The van der Waals surface area contributed by atoms with Gasteiger partial charge in [0.15, 0.2) is 0 Å². The number of carbonyl (C=O) groups excluding carboxylic acids is 1. The number of aryl methyl sites for hydroxylation is 2. The van der Waals surface area contributed by atoms with E-state index < -0.39 is 21.7 Å². The molecular formula is C26H29NO5S. The predicted octanol–water partition coefficient (Wildman–Crippen LogP) is 3.77. The molecule has 0 bridgehead atoms. The molecular weight excluding hydrogens is 438 g/mol. The standard InChI is InChI=1S/C26H29NO5S/c1-5-15-27-16-13-26(14-17-27,25(28)31-6-2)24(33(29)30)21-8-11-22(12-9-21)32-23-10-7-19(3)20(4)18-23/h1,7-12,18H,6,13-17H2,2-4H3. The van der Waals surface area contributed by atoms with E-state index in [9.17, 15) is 13.2 Å². The fourth-order valence-corrected chi connectivity index (χ4v) is 5.07. The molecule has 174 valence electrons. The van der Waals surface area contributed by atoms with Gasteiger partial charge in [-0.25, -0.2) is 0 Å². The van der Waals surface area contributed by atoms with Gasteiger partial charge in [0.2, 0.25) is 10.3 Å².